The van der Waals surface area contributed by atoms with Crippen molar-refractivity contribution in [3.05, 3.63) is 0 Å². The summed E-state index contributed by atoms with van der Waals surface area (Å²) in [5.74, 6) is -0.202. The molecular formula is C11H20N2O4S. The zero-order chi connectivity index (χ0) is 13.7. The highest BCUT2D eigenvalue weighted by Crippen LogP contribution is 2.09. The van der Waals surface area contributed by atoms with Crippen LogP contribution in [-0.4, -0.2) is 56.9 Å². The molecule has 1 fully saturated rings. The third kappa shape index (κ3) is 3.97. The minimum Gasteiger partial charge on any atom is -0.480 e. The molecule has 0 aromatic heterocycles. The van der Waals surface area contributed by atoms with Gasteiger partial charge in [0, 0.05) is 35.4 Å². The van der Waals surface area contributed by atoms with Gasteiger partial charge in [-0.2, -0.15) is 0 Å². The average Bonchev–Trinajstić information content (AvgIpc) is 2.35. The molecule has 104 valence electrons. The molecule has 1 aliphatic rings. The number of nitrogens with zero attached hydrogens (tertiary/aromatic N) is 1. The van der Waals surface area contributed by atoms with Gasteiger partial charge in [0.2, 0.25) is 0 Å². The van der Waals surface area contributed by atoms with Crippen molar-refractivity contribution in [2.75, 3.05) is 24.6 Å². The smallest absolute Gasteiger partial charge is 0.326 e. The number of carbonyl (C=O) groups is 2. The van der Waals surface area contributed by atoms with Gasteiger partial charge in [-0.1, -0.05) is 20.3 Å². The fourth-order valence-corrected chi connectivity index (χ4v) is 2.80. The van der Waals surface area contributed by atoms with Crippen LogP contribution in [0, 0.1) is 5.92 Å². The van der Waals surface area contributed by atoms with Crippen LogP contribution >= 0.6 is 0 Å². The highest BCUT2D eigenvalue weighted by Gasteiger charge is 2.28. The molecule has 0 bridgehead atoms. The van der Waals surface area contributed by atoms with Crippen LogP contribution in [-0.2, 0) is 15.6 Å². The second kappa shape index (κ2) is 6.72. The van der Waals surface area contributed by atoms with Crippen molar-refractivity contribution in [3.8, 4) is 0 Å². The maximum absolute atomic E-state index is 11.9. The molecule has 7 heteroatoms. The van der Waals surface area contributed by atoms with E-state index in [0.29, 0.717) is 31.0 Å². The molecule has 18 heavy (non-hydrogen) atoms. The molecule has 0 aromatic carbocycles. The Kier molecular flexibility index (Phi) is 5.58. The van der Waals surface area contributed by atoms with Gasteiger partial charge in [0.25, 0.3) is 0 Å². The zero-order valence-electron chi connectivity index (χ0n) is 10.7. The maximum Gasteiger partial charge on any atom is 0.326 e. The summed E-state index contributed by atoms with van der Waals surface area (Å²) >= 11 is 0. The third-order valence-electron chi connectivity index (χ3n) is 3.22. The third-order valence-corrected chi connectivity index (χ3v) is 4.50. The fraction of sp³-hybridized carbons (Fsp3) is 0.818. The van der Waals surface area contributed by atoms with Gasteiger partial charge in [0.1, 0.15) is 6.04 Å². The minimum absolute atomic E-state index is 0.120. The number of nitrogens with one attached hydrogen (secondary N) is 1. The van der Waals surface area contributed by atoms with Crippen LogP contribution in [0.3, 0.4) is 0 Å². The van der Waals surface area contributed by atoms with Crippen LogP contribution in [0.1, 0.15) is 20.3 Å². The van der Waals surface area contributed by atoms with Crippen molar-refractivity contribution in [1.82, 2.24) is 10.2 Å². The number of urea groups is 1. The summed E-state index contributed by atoms with van der Waals surface area (Å²) in [7, 11) is -0.847. The van der Waals surface area contributed by atoms with Crippen molar-refractivity contribution >= 4 is 22.8 Å². The van der Waals surface area contributed by atoms with E-state index in [-0.39, 0.29) is 11.9 Å². The Morgan fingerprint density at radius 2 is 1.94 bits per heavy atom. The SMILES string of the molecule is CCC(C)C(NC(=O)N1CCS(=O)CC1)C(=O)O. The van der Waals surface area contributed by atoms with Crippen molar-refractivity contribution in [3.63, 3.8) is 0 Å². The first kappa shape index (κ1) is 14.9. The number of carbonyl (C=O) groups excluding carboxylic acids is 1. The van der Waals surface area contributed by atoms with Crippen molar-refractivity contribution in [1.29, 1.82) is 0 Å². The van der Waals surface area contributed by atoms with Gasteiger partial charge < -0.3 is 15.3 Å². The first-order valence-corrected chi connectivity index (χ1v) is 7.57. The number of rotatable bonds is 4. The molecule has 0 radical (unpaired) electrons. The molecule has 0 saturated carbocycles. The summed E-state index contributed by atoms with van der Waals surface area (Å²) in [6.07, 6.45) is 0.682. The number of hydrogen-bond acceptors (Lipinski definition) is 3. The van der Waals surface area contributed by atoms with Crippen LogP contribution in [0.15, 0.2) is 0 Å². The summed E-state index contributed by atoms with van der Waals surface area (Å²) in [6, 6.07) is -1.24. The van der Waals surface area contributed by atoms with E-state index in [1.165, 1.54) is 4.90 Å². The molecule has 0 aliphatic carbocycles. The summed E-state index contributed by atoms with van der Waals surface area (Å²) < 4.78 is 11.2. The number of carboxylic acid groups (broad SMARTS) is 1. The first-order valence-electron chi connectivity index (χ1n) is 6.09. The predicted octanol–water partition coefficient (Wildman–Crippen LogP) is 0.260. The lowest BCUT2D eigenvalue weighted by atomic mass is 9.99. The standard InChI is InChI=1S/C11H20N2O4S/c1-3-8(2)9(10(14)15)12-11(16)13-4-6-18(17)7-5-13/h8-9H,3-7H2,1-2H3,(H,12,16)(H,14,15). The molecule has 0 spiro atoms. The van der Waals surface area contributed by atoms with E-state index in [0.717, 1.165) is 0 Å². The molecule has 1 heterocycles. The van der Waals surface area contributed by atoms with Crippen LogP contribution < -0.4 is 5.32 Å². The van der Waals surface area contributed by atoms with Crippen LogP contribution in [0.4, 0.5) is 4.79 Å². The van der Waals surface area contributed by atoms with E-state index in [4.69, 9.17) is 5.11 Å². The second-order valence-electron chi connectivity index (χ2n) is 4.49. The average molecular weight is 276 g/mol. The Balaban J connectivity index is 2.56. The summed E-state index contributed by atoms with van der Waals surface area (Å²) in [5.41, 5.74) is 0. The molecule has 1 rings (SSSR count). The summed E-state index contributed by atoms with van der Waals surface area (Å²) in [6.45, 7) is 4.53. The lowest BCUT2D eigenvalue weighted by Gasteiger charge is -2.29. The van der Waals surface area contributed by atoms with Crippen molar-refractivity contribution in [2.45, 2.75) is 26.3 Å². The van der Waals surface area contributed by atoms with Gasteiger partial charge in [-0.05, 0) is 5.92 Å². The second-order valence-corrected chi connectivity index (χ2v) is 6.18. The predicted molar refractivity (Wildman–Crippen MR) is 68.9 cm³/mol. The molecule has 2 amide bonds. The first-order chi connectivity index (χ1) is 8.45. The number of carboxylic acids is 1. The van der Waals surface area contributed by atoms with Gasteiger partial charge in [-0.15, -0.1) is 0 Å². The van der Waals surface area contributed by atoms with E-state index in [2.05, 4.69) is 5.32 Å². The molecule has 1 saturated heterocycles. The van der Waals surface area contributed by atoms with Gasteiger partial charge >= 0.3 is 12.0 Å². The van der Waals surface area contributed by atoms with Crippen LogP contribution in [0.2, 0.25) is 0 Å². The molecule has 1 aliphatic heterocycles. The highest BCUT2D eigenvalue weighted by atomic mass is 32.2. The number of amides is 2. The van der Waals surface area contributed by atoms with E-state index < -0.39 is 22.8 Å². The van der Waals surface area contributed by atoms with Gasteiger partial charge in [0.05, 0.1) is 0 Å². The van der Waals surface area contributed by atoms with Crippen LogP contribution in [0.25, 0.3) is 0 Å². The monoisotopic (exact) mass is 276 g/mol. The topological polar surface area (TPSA) is 86.7 Å². The quantitative estimate of drug-likeness (QED) is 0.771. The Labute approximate surface area is 109 Å². The molecule has 2 atom stereocenters. The van der Waals surface area contributed by atoms with Gasteiger partial charge in [0.15, 0.2) is 0 Å². The minimum atomic E-state index is -1.02. The molecular weight excluding hydrogens is 256 g/mol. The maximum atomic E-state index is 11.9. The summed E-state index contributed by atoms with van der Waals surface area (Å²) in [4.78, 5) is 24.5. The summed E-state index contributed by atoms with van der Waals surface area (Å²) in [5, 5.41) is 11.6. The van der Waals surface area contributed by atoms with Gasteiger partial charge in [-0.3, -0.25) is 4.21 Å². The number of aliphatic carboxylic acids is 1. The van der Waals surface area contributed by atoms with Gasteiger partial charge in [-0.25, -0.2) is 9.59 Å². The molecule has 2 N–H and O–H groups in total. The van der Waals surface area contributed by atoms with Crippen molar-refractivity contribution in [2.24, 2.45) is 5.92 Å². The Hall–Kier alpha value is -1.11. The highest BCUT2D eigenvalue weighted by molar-refractivity contribution is 7.85. The van der Waals surface area contributed by atoms with Crippen molar-refractivity contribution < 1.29 is 18.9 Å². The Morgan fingerprint density at radius 3 is 2.39 bits per heavy atom. The molecule has 0 aromatic rings. The lowest BCUT2D eigenvalue weighted by Crippen LogP contribution is -2.53. The largest absolute Gasteiger partial charge is 0.480 e. The van der Waals surface area contributed by atoms with E-state index >= 15 is 0 Å². The zero-order valence-corrected chi connectivity index (χ0v) is 11.5. The van der Waals surface area contributed by atoms with E-state index in [1.54, 1.807) is 6.92 Å². The Morgan fingerprint density at radius 1 is 1.39 bits per heavy atom. The lowest BCUT2D eigenvalue weighted by molar-refractivity contribution is -0.140. The normalized spacial score (nSPS) is 20.2. The van der Waals surface area contributed by atoms with E-state index in [9.17, 15) is 13.8 Å². The Bertz CT molecular complexity index is 338. The van der Waals surface area contributed by atoms with E-state index in [1.807, 2.05) is 6.92 Å². The van der Waals surface area contributed by atoms with Crippen LogP contribution in [0.5, 0.6) is 0 Å². The number of hydrogen-bond donors (Lipinski definition) is 2. The molecule has 6 nitrogen and oxygen atoms in total. The molecule has 2 unspecified atom stereocenters. The fourth-order valence-electron chi connectivity index (χ4n) is 1.75.